The van der Waals surface area contributed by atoms with E-state index in [1.165, 1.54) is 36.5 Å². The van der Waals surface area contributed by atoms with Gasteiger partial charge in [0, 0.05) is 23.9 Å². The van der Waals surface area contributed by atoms with Crippen LogP contribution in [-0.2, 0) is 9.59 Å². The van der Waals surface area contributed by atoms with E-state index in [1.807, 2.05) is 36.6 Å². The second kappa shape index (κ2) is 9.25. The molecule has 29 heavy (non-hydrogen) atoms. The summed E-state index contributed by atoms with van der Waals surface area (Å²) in [4.78, 5) is 27.7. The minimum absolute atomic E-state index is 0.0725. The van der Waals surface area contributed by atoms with E-state index in [0.29, 0.717) is 10.7 Å². The van der Waals surface area contributed by atoms with Crippen molar-refractivity contribution in [2.75, 3.05) is 5.32 Å². The highest BCUT2D eigenvalue weighted by Gasteiger charge is 2.09. The van der Waals surface area contributed by atoms with Crippen LogP contribution in [0.3, 0.4) is 0 Å². The van der Waals surface area contributed by atoms with Crippen molar-refractivity contribution in [3.05, 3.63) is 76.9 Å². The Morgan fingerprint density at radius 1 is 1.17 bits per heavy atom. The highest BCUT2D eigenvalue weighted by molar-refractivity contribution is 7.14. The van der Waals surface area contributed by atoms with Crippen LogP contribution in [0.5, 0.6) is 0 Å². The fraction of sp³-hybridized carbons (Fsp3) is 0.136. The summed E-state index contributed by atoms with van der Waals surface area (Å²) in [5.41, 5.74) is 3.26. The van der Waals surface area contributed by atoms with Gasteiger partial charge in [0.1, 0.15) is 5.82 Å². The van der Waals surface area contributed by atoms with E-state index in [4.69, 9.17) is 0 Å². The normalized spacial score (nSPS) is 12.0. The van der Waals surface area contributed by atoms with Crippen LogP contribution in [0.4, 0.5) is 9.52 Å². The quantitative estimate of drug-likeness (QED) is 0.575. The number of hydrogen-bond acceptors (Lipinski definition) is 4. The number of rotatable bonds is 6. The third kappa shape index (κ3) is 5.83. The van der Waals surface area contributed by atoms with Crippen LogP contribution >= 0.6 is 11.3 Å². The van der Waals surface area contributed by atoms with Gasteiger partial charge in [0.05, 0.1) is 11.7 Å². The zero-order valence-corrected chi connectivity index (χ0v) is 16.8. The van der Waals surface area contributed by atoms with Crippen LogP contribution in [0.15, 0.2) is 60.0 Å². The summed E-state index contributed by atoms with van der Waals surface area (Å²) in [6.07, 6.45) is 2.88. The Morgan fingerprint density at radius 2 is 1.93 bits per heavy atom. The number of carbonyl (C=O) groups is 2. The molecule has 0 spiro atoms. The van der Waals surface area contributed by atoms with Gasteiger partial charge in [-0.25, -0.2) is 9.37 Å². The minimum Gasteiger partial charge on any atom is -0.350 e. The zero-order valence-electron chi connectivity index (χ0n) is 16.0. The standard InChI is InChI=1S/C22H20FN3O2S/c1-14(24-15(2)27)17-7-9-18(10-8-17)20-13-29-22(25-20)26-21(28)11-6-16-4-3-5-19(23)12-16/h3-14H,1-2H3,(H,24,27)(H,25,26,28)/b11-6+. The molecule has 0 aliphatic rings. The number of hydrogen-bond donors (Lipinski definition) is 2. The Balaban J connectivity index is 1.63. The molecule has 1 atom stereocenters. The number of halogens is 1. The van der Waals surface area contributed by atoms with E-state index in [9.17, 15) is 14.0 Å². The monoisotopic (exact) mass is 409 g/mol. The fourth-order valence-electron chi connectivity index (χ4n) is 2.72. The average Bonchev–Trinajstić information content (AvgIpc) is 3.14. The van der Waals surface area contributed by atoms with Crippen molar-refractivity contribution in [2.24, 2.45) is 0 Å². The molecule has 2 N–H and O–H groups in total. The number of amides is 2. The molecule has 0 fully saturated rings. The maximum atomic E-state index is 13.2. The predicted octanol–water partition coefficient (Wildman–Crippen LogP) is 4.80. The van der Waals surface area contributed by atoms with Crippen LogP contribution in [-0.4, -0.2) is 16.8 Å². The number of thiazole rings is 1. The molecule has 0 radical (unpaired) electrons. The Morgan fingerprint density at radius 3 is 2.62 bits per heavy atom. The van der Waals surface area contributed by atoms with Gasteiger partial charge < -0.3 is 5.32 Å². The first-order valence-corrected chi connectivity index (χ1v) is 9.86. The number of nitrogens with zero attached hydrogens (tertiary/aromatic N) is 1. The van der Waals surface area contributed by atoms with Gasteiger partial charge in [0.2, 0.25) is 11.8 Å². The average molecular weight is 409 g/mol. The summed E-state index contributed by atoms with van der Waals surface area (Å²) < 4.78 is 13.2. The molecule has 0 saturated carbocycles. The predicted molar refractivity (Wildman–Crippen MR) is 114 cm³/mol. The molecule has 0 aliphatic heterocycles. The van der Waals surface area contributed by atoms with Gasteiger partial charge in [0.25, 0.3) is 0 Å². The largest absolute Gasteiger partial charge is 0.350 e. The Labute approximate surface area is 172 Å². The molecule has 2 aromatic carbocycles. The fourth-order valence-corrected chi connectivity index (χ4v) is 3.45. The highest BCUT2D eigenvalue weighted by Crippen LogP contribution is 2.26. The molecule has 0 aliphatic carbocycles. The van der Waals surface area contributed by atoms with E-state index in [0.717, 1.165) is 16.8 Å². The number of anilines is 1. The lowest BCUT2D eigenvalue weighted by Crippen LogP contribution is -2.23. The summed E-state index contributed by atoms with van der Waals surface area (Å²) in [5, 5.41) is 7.89. The second-order valence-electron chi connectivity index (χ2n) is 6.46. The summed E-state index contributed by atoms with van der Waals surface area (Å²) in [7, 11) is 0. The summed E-state index contributed by atoms with van der Waals surface area (Å²) in [5.74, 6) is -0.767. The summed E-state index contributed by atoms with van der Waals surface area (Å²) in [6, 6.07) is 13.7. The van der Waals surface area contributed by atoms with Crippen LogP contribution in [0.1, 0.15) is 31.0 Å². The maximum absolute atomic E-state index is 13.2. The van der Waals surface area contributed by atoms with Crippen molar-refractivity contribution in [3.63, 3.8) is 0 Å². The first-order valence-electron chi connectivity index (χ1n) is 8.98. The molecular weight excluding hydrogens is 389 g/mol. The van der Waals surface area contributed by atoms with Crippen molar-refractivity contribution in [2.45, 2.75) is 19.9 Å². The molecule has 1 unspecified atom stereocenters. The van der Waals surface area contributed by atoms with Crippen molar-refractivity contribution >= 4 is 34.4 Å². The molecule has 5 nitrogen and oxygen atoms in total. The Hall–Kier alpha value is -3.32. The van der Waals surface area contributed by atoms with Gasteiger partial charge in [0.15, 0.2) is 5.13 Å². The molecule has 1 aromatic heterocycles. The van der Waals surface area contributed by atoms with Gasteiger partial charge in [-0.2, -0.15) is 0 Å². The van der Waals surface area contributed by atoms with E-state index in [-0.39, 0.29) is 23.7 Å². The van der Waals surface area contributed by atoms with Crippen molar-refractivity contribution in [3.8, 4) is 11.3 Å². The van der Waals surface area contributed by atoms with Gasteiger partial charge in [-0.05, 0) is 36.3 Å². The second-order valence-corrected chi connectivity index (χ2v) is 7.32. The molecule has 1 heterocycles. The van der Waals surface area contributed by atoms with Crippen molar-refractivity contribution < 1.29 is 14.0 Å². The molecule has 2 amide bonds. The first-order chi connectivity index (χ1) is 13.9. The lowest BCUT2D eigenvalue weighted by atomic mass is 10.1. The maximum Gasteiger partial charge on any atom is 0.250 e. The highest BCUT2D eigenvalue weighted by atomic mass is 32.1. The van der Waals surface area contributed by atoms with Crippen molar-refractivity contribution in [1.82, 2.24) is 10.3 Å². The first kappa shape index (κ1) is 20.4. The van der Waals surface area contributed by atoms with Gasteiger partial charge in [-0.15, -0.1) is 11.3 Å². The molecule has 0 saturated heterocycles. The number of carbonyl (C=O) groups excluding carboxylic acids is 2. The molecule has 3 aromatic rings. The van der Waals surface area contributed by atoms with E-state index < -0.39 is 0 Å². The van der Waals surface area contributed by atoms with Crippen LogP contribution in [0, 0.1) is 5.82 Å². The van der Waals surface area contributed by atoms with E-state index >= 15 is 0 Å². The molecule has 148 valence electrons. The number of nitrogens with one attached hydrogen (secondary N) is 2. The zero-order chi connectivity index (χ0) is 20.8. The number of benzene rings is 2. The minimum atomic E-state index is -0.352. The third-order valence-corrected chi connectivity index (χ3v) is 4.89. The van der Waals surface area contributed by atoms with E-state index in [2.05, 4.69) is 15.6 Å². The van der Waals surface area contributed by atoms with Crippen LogP contribution in [0.25, 0.3) is 17.3 Å². The third-order valence-electron chi connectivity index (χ3n) is 4.14. The molecule has 7 heteroatoms. The molecular formula is C22H20FN3O2S. The summed E-state index contributed by atoms with van der Waals surface area (Å²) in [6.45, 7) is 3.41. The SMILES string of the molecule is CC(=O)NC(C)c1ccc(-c2csc(NC(=O)/C=C/c3cccc(F)c3)n2)cc1. The Bertz CT molecular complexity index is 1040. The smallest absolute Gasteiger partial charge is 0.250 e. The van der Waals surface area contributed by atoms with Gasteiger partial charge in [-0.1, -0.05) is 36.4 Å². The van der Waals surface area contributed by atoms with Crippen LogP contribution < -0.4 is 10.6 Å². The summed E-state index contributed by atoms with van der Waals surface area (Å²) >= 11 is 1.32. The number of aromatic nitrogens is 1. The lowest BCUT2D eigenvalue weighted by molar-refractivity contribution is -0.119. The van der Waals surface area contributed by atoms with Gasteiger partial charge in [-0.3, -0.25) is 14.9 Å². The molecule has 0 bridgehead atoms. The van der Waals surface area contributed by atoms with Crippen LogP contribution in [0.2, 0.25) is 0 Å². The topological polar surface area (TPSA) is 71.1 Å². The Kier molecular flexibility index (Phi) is 6.51. The van der Waals surface area contributed by atoms with Crippen molar-refractivity contribution in [1.29, 1.82) is 0 Å². The van der Waals surface area contributed by atoms with Gasteiger partial charge >= 0.3 is 0 Å². The van der Waals surface area contributed by atoms with E-state index in [1.54, 1.807) is 18.2 Å². The lowest BCUT2D eigenvalue weighted by Gasteiger charge is -2.12. The molecule has 3 rings (SSSR count).